The predicted octanol–water partition coefficient (Wildman–Crippen LogP) is 2.28. The van der Waals surface area contributed by atoms with Gasteiger partial charge in [0.05, 0.1) is 17.5 Å². The summed E-state index contributed by atoms with van der Waals surface area (Å²) < 4.78 is 13.1. The van der Waals surface area contributed by atoms with Gasteiger partial charge in [0.2, 0.25) is 0 Å². The number of β-amino-alcohol motifs (C(OH)–C–C–N with tert-alkyl or cyclic N) is 1. The van der Waals surface area contributed by atoms with Crippen LogP contribution in [-0.4, -0.2) is 50.4 Å². The Morgan fingerprint density at radius 1 is 1.11 bits per heavy atom. The zero-order valence-corrected chi connectivity index (χ0v) is 15.1. The highest BCUT2D eigenvalue weighted by atomic mass is 19.1. The molecule has 2 heterocycles. The molecule has 3 atom stereocenters. The second-order valence-electron chi connectivity index (χ2n) is 8.13. The number of rotatable bonds is 5. The first-order chi connectivity index (χ1) is 12.9. The number of aromatic hydroxyl groups is 1. The molecule has 4 rings (SSSR count). The van der Waals surface area contributed by atoms with E-state index in [1.165, 1.54) is 24.4 Å². The van der Waals surface area contributed by atoms with Crippen molar-refractivity contribution in [3.63, 3.8) is 0 Å². The molecule has 144 valence electrons. The lowest BCUT2D eigenvalue weighted by atomic mass is 9.91. The molecule has 3 N–H and O–H groups in total. The molecule has 1 saturated carbocycles. The molecular weight excluding hydrogens is 347 g/mol. The van der Waals surface area contributed by atoms with Crippen molar-refractivity contribution in [1.82, 2.24) is 9.88 Å². The number of halogens is 1. The second-order valence-corrected chi connectivity index (χ2v) is 8.13. The Labute approximate surface area is 158 Å². The fraction of sp³-hybridized carbons (Fsp3) is 0.476. The minimum absolute atomic E-state index is 0.0853. The fourth-order valence-corrected chi connectivity index (χ4v) is 4.77. The quantitative estimate of drug-likeness (QED) is 0.751. The van der Waals surface area contributed by atoms with Gasteiger partial charge in [0.25, 0.3) is 0 Å². The van der Waals surface area contributed by atoms with E-state index in [0.717, 1.165) is 31.5 Å². The molecule has 0 spiro atoms. The molecule has 1 aliphatic heterocycles. The van der Waals surface area contributed by atoms with Gasteiger partial charge >= 0.3 is 0 Å². The molecule has 2 aliphatic rings. The van der Waals surface area contributed by atoms with Crippen LogP contribution in [0, 0.1) is 17.7 Å². The van der Waals surface area contributed by atoms with Crippen LogP contribution in [0.5, 0.6) is 5.75 Å². The minimum Gasteiger partial charge on any atom is -0.506 e. The summed E-state index contributed by atoms with van der Waals surface area (Å²) in [6.45, 7) is 2.21. The van der Waals surface area contributed by atoms with Gasteiger partial charge in [-0.05, 0) is 54.5 Å². The molecular formula is C21H25FN2O3. The number of aliphatic hydroxyl groups excluding tert-OH is 1. The molecule has 0 bridgehead atoms. The van der Waals surface area contributed by atoms with Gasteiger partial charge in [-0.2, -0.15) is 0 Å². The lowest BCUT2D eigenvalue weighted by Crippen LogP contribution is -2.33. The molecule has 6 heteroatoms. The first-order valence-corrected chi connectivity index (χ1v) is 9.42. The molecule has 2 aromatic rings. The summed E-state index contributed by atoms with van der Waals surface area (Å²) in [6, 6.07) is 9.53. The summed E-state index contributed by atoms with van der Waals surface area (Å²) >= 11 is 0. The molecule has 1 saturated heterocycles. The number of aromatic nitrogens is 1. The van der Waals surface area contributed by atoms with Crippen molar-refractivity contribution in [2.75, 3.05) is 19.6 Å². The molecule has 1 aromatic carbocycles. The summed E-state index contributed by atoms with van der Waals surface area (Å²) in [5.74, 6) is 0.652. The van der Waals surface area contributed by atoms with Crippen LogP contribution in [0.2, 0.25) is 0 Å². The Bertz CT molecular complexity index is 767. The van der Waals surface area contributed by atoms with Crippen molar-refractivity contribution < 1.29 is 19.7 Å². The Kier molecular flexibility index (Phi) is 4.88. The highest BCUT2D eigenvalue weighted by molar-refractivity contribution is 5.20. The highest BCUT2D eigenvalue weighted by Crippen LogP contribution is 2.45. The number of nitrogens with zero attached hydrogens (tertiary/aromatic N) is 2. The van der Waals surface area contributed by atoms with E-state index in [2.05, 4.69) is 9.88 Å². The van der Waals surface area contributed by atoms with E-state index < -0.39 is 11.7 Å². The van der Waals surface area contributed by atoms with E-state index in [-0.39, 0.29) is 11.6 Å². The van der Waals surface area contributed by atoms with Crippen molar-refractivity contribution in [2.24, 2.45) is 11.8 Å². The van der Waals surface area contributed by atoms with Crippen LogP contribution in [0.25, 0.3) is 0 Å². The lowest BCUT2D eigenvalue weighted by molar-refractivity contribution is 0.0327. The van der Waals surface area contributed by atoms with Crippen LogP contribution < -0.4 is 0 Å². The maximum atomic E-state index is 13.1. The zero-order valence-electron chi connectivity index (χ0n) is 15.1. The number of pyridine rings is 1. The number of benzene rings is 1. The normalized spacial score (nSPS) is 25.4. The fourth-order valence-electron chi connectivity index (χ4n) is 4.77. The van der Waals surface area contributed by atoms with E-state index in [4.69, 9.17) is 0 Å². The third-order valence-electron chi connectivity index (χ3n) is 5.93. The Morgan fingerprint density at radius 3 is 2.37 bits per heavy atom. The van der Waals surface area contributed by atoms with Gasteiger partial charge in [-0.25, -0.2) is 4.39 Å². The second kappa shape index (κ2) is 7.19. The summed E-state index contributed by atoms with van der Waals surface area (Å²) in [5.41, 5.74) is 0.790. The number of hydrogen-bond donors (Lipinski definition) is 3. The molecule has 5 nitrogen and oxygen atoms in total. The Morgan fingerprint density at radius 2 is 1.78 bits per heavy atom. The summed E-state index contributed by atoms with van der Waals surface area (Å²) in [4.78, 5) is 6.30. The molecule has 0 unspecified atom stereocenters. The Hall–Kier alpha value is -2.02. The molecule has 1 aromatic heterocycles. The Balaban J connectivity index is 1.32. The predicted molar refractivity (Wildman–Crippen MR) is 98.6 cm³/mol. The van der Waals surface area contributed by atoms with Gasteiger partial charge in [0.15, 0.2) is 0 Å². The maximum Gasteiger partial charge on any atom is 0.133 e. The van der Waals surface area contributed by atoms with E-state index in [9.17, 15) is 19.7 Å². The van der Waals surface area contributed by atoms with Crippen LogP contribution in [0.3, 0.4) is 0 Å². The van der Waals surface area contributed by atoms with Crippen LogP contribution in [0.4, 0.5) is 4.39 Å². The summed E-state index contributed by atoms with van der Waals surface area (Å²) in [7, 11) is 0. The first-order valence-electron chi connectivity index (χ1n) is 9.42. The van der Waals surface area contributed by atoms with E-state index in [1.807, 2.05) is 0 Å². The van der Waals surface area contributed by atoms with Crippen molar-refractivity contribution >= 4 is 0 Å². The number of hydrogen-bond acceptors (Lipinski definition) is 5. The third kappa shape index (κ3) is 4.13. The van der Waals surface area contributed by atoms with Crippen molar-refractivity contribution in [3.8, 4) is 5.75 Å². The number of aliphatic hydroxyl groups is 2. The van der Waals surface area contributed by atoms with Crippen molar-refractivity contribution in [1.29, 1.82) is 0 Å². The standard InChI is InChI=1S/C21H25FN2O3/c22-17-3-1-14(2-4-17)7-21(27)8-15-11-24(12-16(15)9-21)13-20(26)19-6-5-18(25)10-23-19/h1-6,10,15-16,20,25-27H,7-9,11-13H2/t15-,16-,20+/m1/s1. The smallest absolute Gasteiger partial charge is 0.133 e. The third-order valence-corrected chi connectivity index (χ3v) is 5.93. The van der Waals surface area contributed by atoms with Gasteiger partial charge in [0.1, 0.15) is 17.7 Å². The average Bonchev–Trinajstić information content (AvgIpc) is 3.11. The largest absolute Gasteiger partial charge is 0.506 e. The summed E-state index contributed by atoms with van der Waals surface area (Å²) in [6.07, 6.45) is 2.67. The summed E-state index contributed by atoms with van der Waals surface area (Å²) in [5, 5.41) is 30.7. The van der Waals surface area contributed by atoms with E-state index in [1.54, 1.807) is 18.2 Å². The molecule has 1 aliphatic carbocycles. The molecule has 27 heavy (non-hydrogen) atoms. The van der Waals surface area contributed by atoms with Crippen LogP contribution in [0.15, 0.2) is 42.6 Å². The average molecular weight is 372 g/mol. The monoisotopic (exact) mass is 372 g/mol. The number of likely N-dealkylation sites (tertiary alicyclic amines) is 1. The van der Waals surface area contributed by atoms with E-state index >= 15 is 0 Å². The first kappa shape index (κ1) is 18.3. The van der Waals surface area contributed by atoms with Gasteiger partial charge in [-0.15, -0.1) is 0 Å². The van der Waals surface area contributed by atoms with Crippen LogP contribution in [-0.2, 0) is 6.42 Å². The van der Waals surface area contributed by atoms with Crippen molar-refractivity contribution in [2.45, 2.75) is 31.0 Å². The molecule has 0 radical (unpaired) electrons. The SMILES string of the molecule is Oc1ccc([C@@H](O)CN2C[C@H]3CC(O)(Cc4ccc(F)cc4)C[C@@H]3C2)nc1. The lowest BCUT2D eigenvalue weighted by Gasteiger charge is -2.27. The van der Waals surface area contributed by atoms with Gasteiger partial charge < -0.3 is 15.3 Å². The molecule has 2 fully saturated rings. The maximum absolute atomic E-state index is 13.1. The van der Waals surface area contributed by atoms with Crippen LogP contribution in [0.1, 0.15) is 30.2 Å². The minimum atomic E-state index is -0.726. The van der Waals surface area contributed by atoms with Crippen LogP contribution >= 0.6 is 0 Å². The topological polar surface area (TPSA) is 76.8 Å². The zero-order chi connectivity index (χ0) is 19.0. The van der Waals surface area contributed by atoms with Gasteiger partial charge in [-0.3, -0.25) is 9.88 Å². The van der Waals surface area contributed by atoms with Gasteiger partial charge in [0, 0.05) is 26.1 Å². The molecule has 0 amide bonds. The highest BCUT2D eigenvalue weighted by Gasteiger charge is 2.48. The van der Waals surface area contributed by atoms with Crippen molar-refractivity contribution in [3.05, 3.63) is 59.7 Å². The number of fused-ring (bicyclic) bond motifs is 1. The van der Waals surface area contributed by atoms with E-state index in [0.29, 0.717) is 30.5 Å². The van der Waals surface area contributed by atoms with Gasteiger partial charge in [-0.1, -0.05) is 12.1 Å².